The summed E-state index contributed by atoms with van der Waals surface area (Å²) in [6, 6.07) is 19.1. The van der Waals surface area contributed by atoms with Crippen LogP contribution in [0.3, 0.4) is 0 Å². The quantitative estimate of drug-likeness (QED) is 0.335. The average molecular weight is 436 g/mol. The van der Waals surface area contributed by atoms with Crippen LogP contribution >= 0.6 is 23.1 Å². The van der Waals surface area contributed by atoms with Crippen molar-refractivity contribution in [1.29, 1.82) is 0 Å². The maximum atomic E-state index is 13.1. The first kappa shape index (κ1) is 20.4. The molecule has 2 aromatic carbocycles. The number of thiophene rings is 1. The Hall–Kier alpha value is -2.90. The van der Waals surface area contributed by atoms with Crippen LogP contribution in [-0.4, -0.2) is 21.2 Å². The van der Waals surface area contributed by atoms with E-state index in [9.17, 15) is 9.59 Å². The minimum atomic E-state index is -0.130. The van der Waals surface area contributed by atoms with Crippen molar-refractivity contribution in [3.05, 3.63) is 86.8 Å². The Bertz CT molecular complexity index is 1220. The highest BCUT2D eigenvalue weighted by atomic mass is 32.2. The largest absolute Gasteiger partial charge is 0.325 e. The van der Waals surface area contributed by atoms with Crippen LogP contribution in [0.5, 0.6) is 0 Å². The van der Waals surface area contributed by atoms with Crippen LogP contribution in [0.25, 0.3) is 10.9 Å². The van der Waals surface area contributed by atoms with Crippen LogP contribution in [0.1, 0.15) is 17.4 Å². The first-order valence-corrected chi connectivity index (χ1v) is 11.5. The second kappa shape index (κ2) is 9.28. The number of thioether (sulfide) groups is 1. The Kier molecular flexibility index (Phi) is 6.30. The second-order valence-corrected chi connectivity index (χ2v) is 8.74. The minimum absolute atomic E-state index is 0.0907. The number of nitrogens with one attached hydrogen (secondary N) is 1. The number of aryl methyl sites for hydroxylation is 1. The first-order valence-electron chi connectivity index (χ1n) is 9.67. The molecule has 0 radical (unpaired) electrons. The summed E-state index contributed by atoms with van der Waals surface area (Å²) in [6.45, 7) is 2.53. The van der Waals surface area contributed by atoms with Gasteiger partial charge in [-0.25, -0.2) is 4.98 Å². The van der Waals surface area contributed by atoms with Crippen molar-refractivity contribution in [3.63, 3.8) is 0 Å². The topological polar surface area (TPSA) is 64.0 Å². The third kappa shape index (κ3) is 4.63. The number of carbonyl (C=O) groups excluding carboxylic acids is 1. The molecule has 2 aromatic heterocycles. The molecular weight excluding hydrogens is 414 g/mol. The van der Waals surface area contributed by atoms with E-state index in [1.807, 2.05) is 60.0 Å². The Morgan fingerprint density at radius 3 is 2.63 bits per heavy atom. The van der Waals surface area contributed by atoms with Gasteiger partial charge in [-0.3, -0.25) is 14.2 Å². The molecule has 0 aliphatic carbocycles. The van der Waals surface area contributed by atoms with Gasteiger partial charge in [-0.15, -0.1) is 11.3 Å². The number of benzene rings is 2. The number of para-hydroxylation sites is 1. The van der Waals surface area contributed by atoms with Crippen molar-refractivity contribution in [2.24, 2.45) is 0 Å². The maximum Gasteiger partial charge on any atom is 0.262 e. The highest BCUT2D eigenvalue weighted by molar-refractivity contribution is 7.99. The number of rotatable bonds is 7. The third-order valence-corrected chi connectivity index (χ3v) is 6.54. The van der Waals surface area contributed by atoms with Gasteiger partial charge in [0.15, 0.2) is 5.16 Å². The predicted molar refractivity (Wildman–Crippen MR) is 125 cm³/mol. The van der Waals surface area contributed by atoms with Gasteiger partial charge in [-0.1, -0.05) is 49.0 Å². The molecule has 4 rings (SSSR count). The Morgan fingerprint density at radius 1 is 1.10 bits per heavy atom. The highest BCUT2D eigenvalue weighted by Gasteiger charge is 2.14. The average Bonchev–Trinajstić information content (AvgIpc) is 3.28. The fraction of sp³-hybridized carbons (Fsp3) is 0.174. The van der Waals surface area contributed by atoms with Crippen molar-refractivity contribution in [2.75, 3.05) is 11.1 Å². The fourth-order valence-electron chi connectivity index (χ4n) is 3.11. The Labute approximate surface area is 182 Å². The summed E-state index contributed by atoms with van der Waals surface area (Å²) in [5, 5.41) is 6.02. The van der Waals surface area contributed by atoms with Crippen LogP contribution < -0.4 is 10.9 Å². The van der Waals surface area contributed by atoms with Gasteiger partial charge in [0, 0.05) is 10.6 Å². The molecule has 5 nitrogen and oxygen atoms in total. The van der Waals surface area contributed by atoms with Gasteiger partial charge < -0.3 is 5.32 Å². The summed E-state index contributed by atoms with van der Waals surface area (Å²) in [7, 11) is 0. The lowest BCUT2D eigenvalue weighted by atomic mass is 10.1. The van der Waals surface area contributed by atoms with Crippen molar-refractivity contribution in [3.8, 4) is 0 Å². The lowest BCUT2D eigenvalue weighted by Crippen LogP contribution is -2.24. The van der Waals surface area contributed by atoms with Gasteiger partial charge in [0.1, 0.15) is 0 Å². The van der Waals surface area contributed by atoms with Gasteiger partial charge in [-0.05, 0) is 47.7 Å². The zero-order valence-corrected chi connectivity index (χ0v) is 18.1. The van der Waals surface area contributed by atoms with Crippen LogP contribution in [0.15, 0.2) is 76.0 Å². The van der Waals surface area contributed by atoms with Gasteiger partial charge in [-0.2, -0.15) is 0 Å². The molecule has 7 heteroatoms. The summed E-state index contributed by atoms with van der Waals surface area (Å²) in [4.78, 5) is 31.3. The molecule has 1 amide bonds. The van der Waals surface area contributed by atoms with Crippen molar-refractivity contribution in [1.82, 2.24) is 9.55 Å². The monoisotopic (exact) mass is 435 g/mol. The lowest BCUT2D eigenvalue weighted by molar-refractivity contribution is -0.113. The Morgan fingerprint density at radius 2 is 1.90 bits per heavy atom. The number of fused-ring (bicyclic) bond motifs is 1. The normalized spacial score (nSPS) is 11.0. The fourth-order valence-corrected chi connectivity index (χ4v) is 4.60. The first-order chi connectivity index (χ1) is 14.6. The second-order valence-electron chi connectivity index (χ2n) is 6.77. The van der Waals surface area contributed by atoms with Crippen molar-refractivity contribution in [2.45, 2.75) is 25.0 Å². The van der Waals surface area contributed by atoms with E-state index in [2.05, 4.69) is 17.2 Å². The van der Waals surface area contributed by atoms with Gasteiger partial charge >= 0.3 is 0 Å². The molecule has 0 saturated carbocycles. The SMILES string of the molecule is CCc1ccc(NC(=O)CSc2nc3ccccc3c(=O)n2Cc2cccs2)cc1. The standard InChI is InChI=1S/C23H21N3O2S2/c1-2-16-9-11-17(12-10-16)24-21(27)15-30-23-25-20-8-4-3-7-19(20)22(28)26(23)14-18-6-5-13-29-18/h3-13H,2,14-15H2,1H3,(H,24,27). The zero-order chi connectivity index (χ0) is 20.9. The molecule has 0 saturated heterocycles. The number of amides is 1. The van der Waals surface area contributed by atoms with Crippen molar-refractivity contribution < 1.29 is 4.79 Å². The summed E-state index contributed by atoms with van der Waals surface area (Å²) in [5.74, 6) is 0.0411. The molecule has 2 heterocycles. The van der Waals surface area contributed by atoms with Gasteiger partial charge in [0.05, 0.1) is 23.2 Å². The van der Waals surface area contributed by atoms with E-state index in [0.717, 1.165) is 17.0 Å². The summed E-state index contributed by atoms with van der Waals surface area (Å²) < 4.78 is 1.65. The molecule has 0 spiro atoms. The molecule has 0 atom stereocenters. The van der Waals surface area contributed by atoms with E-state index in [4.69, 9.17) is 0 Å². The number of nitrogens with zero attached hydrogens (tertiary/aromatic N) is 2. The van der Waals surface area contributed by atoms with Crippen LogP contribution in [0.4, 0.5) is 5.69 Å². The molecule has 152 valence electrons. The van der Waals surface area contributed by atoms with E-state index in [1.165, 1.54) is 17.3 Å². The van der Waals surface area contributed by atoms with Crippen molar-refractivity contribution >= 4 is 45.6 Å². The third-order valence-electron chi connectivity index (χ3n) is 4.70. The number of anilines is 1. The van der Waals surface area contributed by atoms with Crippen LogP contribution in [0, 0.1) is 0 Å². The van der Waals surface area contributed by atoms with Gasteiger partial charge in [0.25, 0.3) is 5.56 Å². The smallest absolute Gasteiger partial charge is 0.262 e. The van der Waals surface area contributed by atoms with E-state index in [-0.39, 0.29) is 17.2 Å². The summed E-state index contributed by atoms with van der Waals surface area (Å²) >= 11 is 2.87. The number of hydrogen-bond acceptors (Lipinski definition) is 5. The molecule has 1 N–H and O–H groups in total. The minimum Gasteiger partial charge on any atom is -0.325 e. The van der Waals surface area contributed by atoms with E-state index < -0.39 is 0 Å². The summed E-state index contributed by atoms with van der Waals surface area (Å²) in [5.41, 5.74) is 2.54. The van der Waals surface area contributed by atoms with Crippen LogP contribution in [-0.2, 0) is 17.8 Å². The molecule has 4 aromatic rings. The molecule has 0 bridgehead atoms. The Balaban J connectivity index is 1.56. The molecule has 0 aliphatic heterocycles. The summed E-state index contributed by atoms with van der Waals surface area (Å²) in [6.07, 6.45) is 0.958. The maximum absolute atomic E-state index is 13.1. The van der Waals surface area contributed by atoms with E-state index >= 15 is 0 Å². The van der Waals surface area contributed by atoms with E-state index in [0.29, 0.717) is 22.6 Å². The number of carbonyl (C=O) groups is 1. The van der Waals surface area contributed by atoms with Crippen LogP contribution in [0.2, 0.25) is 0 Å². The highest BCUT2D eigenvalue weighted by Crippen LogP contribution is 2.21. The predicted octanol–water partition coefficient (Wildman–Crippen LogP) is 4.80. The number of aromatic nitrogens is 2. The molecular formula is C23H21N3O2S2. The zero-order valence-electron chi connectivity index (χ0n) is 16.5. The number of hydrogen-bond donors (Lipinski definition) is 1. The molecule has 30 heavy (non-hydrogen) atoms. The molecule has 0 unspecified atom stereocenters. The van der Waals surface area contributed by atoms with Gasteiger partial charge in [0.2, 0.25) is 5.91 Å². The van der Waals surface area contributed by atoms with E-state index in [1.54, 1.807) is 22.0 Å². The molecule has 0 fully saturated rings. The molecule has 0 aliphatic rings. The lowest BCUT2D eigenvalue weighted by Gasteiger charge is -2.12.